The van der Waals surface area contributed by atoms with Crippen molar-refractivity contribution in [2.75, 3.05) is 20.8 Å². The topological polar surface area (TPSA) is 18.5 Å². The van der Waals surface area contributed by atoms with Crippen molar-refractivity contribution in [3.05, 3.63) is 12.2 Å². The van der Waals surface area contributed by atoms with Gasteiger partial charge < -0.3 is 9.47 Å². The van der Waals surface area contributed by atoms with E-state index in [0.717, 1.165) is 18.4 Å². The minimum atomic E-state index is -0.0890. The summed E-state index contributed by atoms with van der Waals surface area (Å²) in [7, 11) is 3.49. The third-order valence-electron chi connectivity index (χ3n) is 3.01. The van der Waals surface area contributed by atoms with Crippen LogP contribution in [0.15, 0.2) is 12.2 Å². The molecular weight excluding hydrogens is 164 g/mol. The Morgan fingerprint density at radius 1 is 1.23 bits per heavy atom. The van der Waals surface area contributed by atoms with Crippen LogP contribution in [0.5, 0.6) is 0 Å². The molecule has 0 radical (unpaired) electrons. The first-order valence-electron chi connectivity index (χ1n) is 4.97. The second-order valence-electron chi connectivity index (χ2n) is 3.80. The van der Waals surface area contributed by atoms with E-state index in [-0.39, 0.29) is 5.60 Å². The second-order valence-corrected chi connectivity index (χ2v) is 3.80. The van der Waals surface area contributed by atoms with Crippen molar-refractivity contribution in [2.24, 2.45) is 0 Å². The summed E-state index contributed by atoms with van der Waals surface area (Å²) in [6.07, 6.45) is 6.02. The molecule has 0 atom stereocenters. The lowest BCUT2D eigenvalue weighted by molar-refractivity contribution is -0.0170. The normalized spacial score (nSPS) is 21.4. The Morgan fingerprint density at radius 2 is 1.85 bits per heavy atom. The van der Waals surface area contributed by atoms with Crippen LogP contribution in [-0.4, -0.2) is 26.4 Å². The predicted octanol–water partition coefficient (Wildman–Crippen LogP) is 2.54. The van der Waals surface area contributed by atoms with Gasteiger partial charge in [-0.05, 0) is 18.4 Å². The van der Waals surface area contributed by atoms with Crippen molar-refractivity contribution in [1.29, 1.82) is 0 Å². The van der Waals surface area contributed by atoms with E-state index >= 15 is 0 Å². The number of hydrogen-bond acceptors (Lipinski definition) is 2. The molecule has 1 fully saturated rings. The van der Waals surface area contributed by atoms with E-state index < -0.39 is 0 Å². The summed E-state index contributed by atoms with van der Waals surface area (Å²) in [6.45, 7) is 4.68. The molecule has 76 valence electrons. The van der Waals surface area contributed by atoms with E-state index in [4.69, 9.17) is 9.47 Å². The lowest BCUT2D eigenvalue weighted by atomic mass is 9.80. The monoisotopic (exact) mass is 184 g/mol. The van der Waals surface area contributed by atoms with Crippen LogP contribution in [0.3, 0.4) is 0 Å². The van der Waals surface area contributed by atoms with Gasteiger partial charge in [0.15, 0.2) is 0 Å². The highest BCUT2D eigenvalue weighted by Gasteiger charge is 2.34. The first-order chi connectivity index (χ1) is 6.25. The standard InChI is InChI=1S/C11H20O2/c1-10(9-12-2)11(13-3)7-5-4-6-8-11/h1,4-9H2,2-3H3. The summed E-state index contributed by atoms with van der Waals surface area (Å²) in [5.74, 6) is 0. The van der Waals surface area contributed by atoms with Crippen LogP contribution >= 0.6 is 0 Å². The Balaban J connectivity index is 2.61. The molecule has 2 heteroatoms. The van der Waals surface area contributed by atoms with Gasteiger partial charge in [-0.15, -0.1) is 0 Å². The molecule has 1 saturated carbocycles. The van der Waals surface area contributed by atoms with Gasteiger partial charge in [0.2, 0.25) is 0 Å². The van der Waals surface area contributed by atoms with E-state index in [2.05, 4.69) is 6.58 Å². The third-order valence-corrected chi connectivity index (χ3v) is 3.01. The van der Waals surface area contributed by atoms with Crippen LogP contribution in [0.2, 0.25) is 0 Å². The van der Waals surface area contributed by atoms with Crippen molar-refractivity contribution >= 4 is 0 Å². The van der Waals surface area contributed by atoms with E-state index in [1.807, 2.05) is 0 Å². The fraction of sp³-hybridized carbons (Fsp3) is 0.818. The molecule has 1 aliphatic carbocycles. The molecule has 0 aliphatic heterocycles. The summed E-state index contributed by atoms with van der Waals surface area (Å²) >= 11 is 0. The van der Waals surface area contributed by atoms with Crippen molar-refractivity contribution in [1.82, 2.24) is 0 Å². The van der Waals surface area contributed by atoms with Crippen LogP contribution in [0, 0.1) is 0 Å². The first-order valence-corrected chi connectivity index (χ1v) is 4.97. The molecule has 1 rings (SSSR count). The minimum absolute atomic E-state index is 0.0890. The fourth-order valence-corrected chi connectivity index (χ4v) is 2.13. The predicted molar refractivity (Wildman–Crippen MR) is 53.8 cm³/mol. The molecule has 0 aromatic heterocycles. The minimum Gasteiger partial charge on any atom is -0.380 e. The number of methoxy groups -OCH3 is 2. The summed E-state index contributed by atoms with van der Waals surface area (Å²) in [5.41, 5.74) is 1.01. The summed E-state index contributed by atoms with van der Waals surface area (Å²) in [4.78, 5) is 0. The van der Waals surface area contributed by atoms with E-state index in [1.54, 1.807) is 14.2 Å². The van der Waals surface area contributed by atoms with Gasteiger partial charge in [-0.25, -0.2) is 0 Å². The molecule has 2 nitrogen and oxygen atoms in total. The zero-order chi connectivity index (χ0) is 9.73. The van der Waals surface area contributed by atoms with Crippen LogP contribution < -0.4 is 0 Å². The highest BCUT2D eigenvalue weighted by molar-refractivity contribution is 5.14. The molecule has 13 heavy (non-hydrogen) atoms. The van der Waals surface area contributed by atoms with Gasteiger partial charge in [0.25, 0.3) is 0 Å². The Bertz CT molecular complexity index is 169. The molecule has 0 amide bonds. The highest BCUT2D eigenvalue weighted by Crippen LogP contribution is 2.36. The maximum Gasteiger partial charge on any atom is 0.0907 e. The fourth-order valence-electron chi connectivity index (χ4n) is 2.13. The van der Waals surface area contributed by atoms with Gasteiger partial charge in [-0.1, -0.05) is 25.8 Å². The third kappa shape index (κ3) is 2.32. The lowest BCUT2D eigenvalue weighted by Crippen LogP contribution is -2.37. The molecule has 1 aliphatic rings. The Kier molecular flexibility index (Phi) is 3.94. The van der Waals surface area contributed by atoms with Gasteiger partial charge >= 0.3 is 0 Å². The van der Waals surface area contributed by atoms with Gasteiger partial charge in [0.1, 0.15) is 0 Å². The molecule has 0 saturated heterocycles. The highest BCUT2D eigenvalue weighted by atomic mass is 16.5. The average molecular weight is 184 g/mol. The maximum atomic E-state index is 5.61. The van der Waals surface area contributed by atoms with Crippen molar-refractivity contribution in [3.63, 3.8) is 0 Å². The smallest absolute Gasteiger partial charge is 0.0907 e. The van der Waals surface area contributed by atoms with Gasteiger partial charge in [0.05, 0.1) is 12.2 Å². The Morgan fingerprint density at radius 3 is 2.31 bits per heavy atom. The summed E-state index contributed by atoms with van der Waals surface area (Å²) in [6, 6.07) is 0. The van der Waals surface area contributed by atoms with E-state index in [1.165, 1.54) is 19.3 Å². The molecule has 0 aromatic carbocycles. The van der Waals surface area contributed by atoms with Crippen molar-refractivity contribution in [3.8, 4) is 0 Å². The average Bonchev–Trinajstić information content (AvgIpc) is 2.19. The van der Waals surface area contributed by atoms with Gasteiger partial charge in [0, 0.05) is 14.2 Å². The van der Waals surface area contributed by atoms with Crippen LogP contribution in [0.25, 0.3) is 0 Å². The van der Waals surface area contributed by atoms with Gasteiger partial charge in [-0.3, -0.25) is 0 Å². The SMILES string of the molecule is C=C(COC)C1(OC)CCCCC1. The van der Waals surface area contributed by atoms with Crippen LogP contribution in [0.1, 0.15) is 32.1 Å². The number of rotatable bonds is 4. The lowest BCUT2D eigenvalue weighted by Gasteiger charge is -2.37. The Hall–Kier alpha value is -0.340. The molecule has 0 bridgehead atoms. The second kappa shape index (κ2) is 4.77. The molecule has 0 N–H and O–H groups in total. The molecular formula is C11H20O2. The summed E-state index contributed by atoms with van der Waals surface area (Å²) in [5, 5.41) is 0. The van der Waals surface area contributed by atoms with Crippen molar-refractivity contribution < 1.29 is 9.47 Å². The first kappa shape index (κ1) is 10.7. The largest absolute Gasteiger partial charge is 0.380 e. The van der Waals surface area contributed by atoms with E-state index in [0.29, 0.717) is 6.61 Å². The maximum absolute atomic E-state index is 5.61. The molecule has 0 heterocycles. The zero-order valence-corrected chi connectivity index (χ0v) is 8.77. The quantitative estimate of drug-likeness (QED) is 0.625. The van der Waals surface area contributed by atoms with Crippen LogP contribution in [0.4, 0.5) is 0 Å². The molecule has 0 unspecified atom stereocenters. The number of hydrogen-bond donors (Lipinski definition) is 0. The summed E-state index contributed by atoms with van der Waals surface area (Å²) < 4.78 is 10.7. The van der Waals surface area contributed by atoms with Gasteiger partial charge in [-0.2, -0.15) is 0 Å². The number of ether oxygens (including phenoxy) is 2. The zero-order valence-electron chi connectivity index (χ0n) is 8.77. The van der Waals surface area contributed by atoms with Crippen molar-refractivity contribution in [2.45, 2.75) is 37.7 Å². The molecule has 0 aromatic rings. The van der Waals surface area contributed by atoms with Crippen LogP contribution in [-0.2, 0) is 9.47 Å². The molecule has 0 spiro atoms. The van der Waals surface area contributed by atoms with E-state index in [9.17, 15) is 0 Å². The Labute approximate surface area is 80.9 Å².